The van der Waals surface area contributed by atoms with E-state index in [2.05, 4.69) is 10.1 Å². The highest BCUT2D eigenvalue weighted by Gasteiger charge is 2.39. The molecule has 3 rings (SSSR count). The van der Waals surface area contributed by atoms with Crippen molar-refractivity contribution in [1.29, 1.82) is 0 Å². The molecule has 2 aromatic carbocycles. The first-order valence-corrected chi connectivity index (χ1v) is 13.2. The van der Waals surface area contributed by atoms with Crippen LogP contribution in [0.4, 0.5) is 37.7 Å². The van der Waals surface area contributed by atoms with E-state index in [0.717, 1.165) is 20.1 Å². The molecule has 0 spiro atoms. The summed E-state index contributed by atoms with van der Waals surface area (Å²) in [7, 11) is -3.02. The van der Waals surface area contributed by atoms with Crippen LogP contribution in [0.3, 0.4) is 0 Å². The third kappa shape index (κ3) is 8.45. The van der Waals surface area contributed by atoms with Gasteiger partial charge in [-0.25, -0.2) is 22.8 Å². The number of carbonyl (C=O) groups excluding carboxylic acids is 2. The molecule has 15 nitrogen and oxygen atoms in total. The van der Waals surface area contributed by atoms with Gasteiger partial charge in [-0.3, -0.25) is 19.7 Å². The highest BCUT2D eigenvalue weighted by molar-refractivity contribution is 7.91. The number of aromatic amines is 1. The zero-order valence-corrected chi connectivity index (χ0v) is 23.2. The van der Waals surface area contributed by atoms with Crippen molar-refractivity contribution in [3.8, 4) is 0 Å². The van der Waals surface area contributed by atoms with Gasteiger partial charge in [0, 0.05) is 25.2 Å². The molecule has 0 atom stereocenters. The molecule has 1 aromatic heterocycles. The molecule has 5 N–H and O–H groups in total. The van der Waals surface area contributed by atoms with Crippen molar-refractivity contribution in [2.75, 3.05) is 23.9 Å². The number of nitro groups is 1. The Labute approximate surface area is 240 Å². The van der Waals surface area contributed by atoms with Crippen molar-refractivity contribution in [1.82, 2.24) is 15.0 Å². The van der Waals surface area contributed by atoms with E-state index in [1.807, 2.05) is 4.98 Å². The van der Waals surface area contributed by atoms with Crippen molar-refractivity contribution in [2.24, 2.45) is 0 Å². The first-order chi connectivity index (χ1) is 20.0. The van der Waals surface area contributed by atoms with Crippen LogP contribution in [0.2, 0.25) is 0 Å². The van der Waals surface area contributed by atoms with E-state index in [0.29, 0.717) is 24.5 Å². The van der Waals surface area contributed by atoms with Crippen molar-refractivity contribution >= 4 is 44.2 Å². The van der Waals surface area contributed by atoms with Gasteiger partial charge in [-0.15, -0.1) is 0 Å². The maximum Gasteiger partial charge on any atom is 0.423 e. The number of H-pyrrole nitrogens is 1. The first-order valence-electron chi connectivity index (χ1n) is 11.3. The van der Waals surface area contributed by atoms with E-state index in [1.165, 1.54) is 0 Å². The largest absolute Gasteiger partial charge is 0.465 e. The molecule has 0 bridgehead atoms. The quantitative estimate of drug-likeness (QED) is 0.0988. The Hall–Kier alpha value is -5.15. The smallest absolute Gasteiger partial charge is 0.423 e. The Morgan fingerprint density at radius 2 is 1.64 bits per heavy atom. The van der Waals surface area contributed by atoms with E-state index in [9.17, 15) is 64.1 Å². The number of anilines is 1. The second-order valence-electron chi connectivity index (χ2n) is 8.60. The average molecular weight is 658 g/mol. The zero-order valence-electron chi connectivity index (χ0n) is 22.3. The Balaban J connectivity index is 0.000000329. The molecule has 0 unspecified atom stereocenters. The van der Waals surface area contributed by atoms with Crippen LogP contribution in [-0.2, 0) is 38.5 Å². The third-order valence-electron chi connectivity index (χ3n) is 5.29. The molecule has 0 saturated carbocycles. The summed E-state index contributed by atoms with van der Waals surface area (Å²) in [4.78, 5) is 59.3. The Kier molecular flexibility index (Phi) is 10.0. The maximum absolute atomic E-state index is 13.2. The van der Waals surface area contributed by atoms with Gasteiger partial charge in [0.05, 0.1) is 40.3 Å². The fraction of sp³-hybridized carbons (Fsp3) is 0.273. The average Bonchev–Trinajstić information content (AvgIpc) is 2.87. The van der Waals surface area contributed by atoms with Crippen molar-refractivity contribution in [3.05, 3.63) is 77.5 Å². The van der Waals surface area contributed by atoms with Crippen molar-refractivity contribution < 1.29 is 54.0 Å². The number of nitrogens with one attached hydrogen (secondary N) is 3. The topological polar surface area (TPSA) is 226 Å². The predicted molar refractivity (Wildman–Crippen MR) is 139 cm³/mol. The zero-order chi connectivity index (χ0) is 33.9. The molecule has 3 aromatic rings. The van der Waals surface area contributed by atoms with Gasteiger partial charge in [0.15, 0.2) is 0 Å². The minimum Gasteiger partial charge on any atom is -0.465 e. The fourth-order valence-electron chi connectivity index (χ4n) is 3.46. The number of nitro benzene ring substituents is 1. The van der Waals surface area contributed by atoms with E-state index in [4.69, 9.17) is 5.73 Å². The van der Waals surface area contributed by atoms with Gasteiger partial charge in [-0.2, -0.15) is 31.0 Å². The van der Waals surface area contributed by atoms with E-state index in [-0.39, 0.29) is 10.1 Å². The normalized spacial score (nSPS) is 11.8. The SMILES string of the molecule is CC(=O)NCc1cc2c(=O)n(NS(C)(=O)=O)c(=O)[nH]c2cc1C(F)(F)F.COC(=O)c1cc([N+](=O)[O-])c(C(F)(F)F)cc1N. The van der Waals surface area contributed by atoms with Crippen LogP contribution in [0.5, 0.6) is 0 Å². The number of alkyl halides is 6. The van der Waals surface area contributed by atoms with Crippen LogP contribution in [0, 0.1) is 10.1 Å². The number of halogens is 6. The number of nitrogens with zero attached hydrogens (tertiary/aromatic N) is 2. The van der Waals surface area contributed by atoms with Crippen LogP contribution in [0.25, 0.3) is 10.9 Å². The molecule has 0 aliphatic heterocycles. The number of fused-ring (bicyclic) bond motifs is 1. The minimum absolute atomic E-state index is 0.132. The molecule has 0 aliphatic carbocycles. The number of nitrogen functional groups attached to an aromatic ring is 1. The van der Waals surface area contributed by atoms with E-state index >= 15 is 0 Å². The molecule has 0 saturated heterocycles. The number of nitrogens with two attached hydrogens (primary N) is 1. The monoisotopic (exact) mass is 658 g/mol. The van der Waals surface area contributed by atoms with Crippen LogP contribution < -0.4 is 27.1 Å². The van der Waals surface area contributed by atoms with Gasteiger partial charge < -0.3 is 20.8 Å². The van der Waals surface area contributed by atoms with Gasteiger partial charge in [0.2, 0.25) is 15.9 Å². The highest BCUT2D eigenvalue weighted by atomic mass is 32.2. The molecule has 0 aliphatic rings. The molecular formula is C22H20F6N6O9S. The lowest BCUT2D eigenvalue weighted by atomic mass is 10.0. The number of benzene rings is 2. The van der Waals surface area contributed by atoms with E-state index in [1.54, 1.807) is 4.83 Å². The van der Waals surface area contributed by atoms with Gasteiger partial charge in [0.1, 0.15) is 5.56 Å². The van der Waals surface area contributed by atoms with E-state index < -0.39 is 96.1 Å². The number of hydrogen-bond acceptors (Lipinski definition) is 10. The summed E-state index contributed by atoms with van der Waals surface area (Å²) in [6.45, 7) is 0.590. The lowest BCUT2D eigenvalue weighted by molar-refractivity contribution is -0.388. The second-order valence-corrected chi connectivity index (χ2v) is 10.3. The fourth-order valence-corrected chi connectivity index (χ4v) is 3.95. The summed E-state index contributed by atoms with van der Waals surface area (Å²) < 4.78 is 104. The number of rotatable bonds is 6. The van der Waals surface area contributed by atoms with Crippen LogP contribution in [-0.4, -0.2) is 48.2 Å². The van der Waals surface area contributed by atoms with Crippen molar-refractivity contribution in [3.63, 3.8) is 0 Å². The van der Waals surface area contributed by atoms with Gasteiger partial charge in [-0.05, 0) is 23.8 Å². The van der Waals surface area contributed by atoms with Crippen molar-refractivity contribution in [2.45, 2.75) is 25.8 Å². The number of esters is 1. The Morgan fingerprint density at radius 1 is 1.07 bits per heavy atom. The third-order valence-corrected chi connectivity index (χ3v) is 5.80. The maximum atomic E-state index is 13.2. The number of sulfonamides is 1. The number of methoxy groups -OCH3 is 1. The molecular weight excluding hydrogens is 638 g/mol. The number of ether oxygens (including phenoxy) is 1. The summed E-state index contributed by atoms with van der Waals surface area (Å²) in [5.74, 6) is -1.64. The number of carbonyl (C=O) groups is 2. The summed E-state index contributed by atoms with van der Waals surface area (Å²) in [5, 5.41) is 12.4. The van der Waals surface area contributed by atoms with Crippen LogP contribution in [0.15, 0.2) is 33.9 Å². The number of aromatic nitrogens is 2. The van der Waals surface area contributed by atoms with Gasteiger partial charge >= 0.3 is 24.0 Å². The van der Waals surface area contributed by atoms with Gasteiger partial charge in [0.25, 0.3) is 11.2 Å². The molecule has 1 amide bonds. The molecule has 0 radical (unpaired) electrons. The lowest BCUT2D eigenvalue weighted by Gasteiger charge is -2.15. The number of amides is 1. The van der Waals surface area contributed by atoms with Crippen LogP contribution >= 0.6 is 0 Å². The molecule has 240 valence electrons. The molecule has 0 fully saturated rings. The predicted octanol–water partition coefficient (Wildman–Crippen LogP) is 1.83. The Bertz CT molecular complexity index is 1870. The lowest BCUT2D eigenvalue weighted by Crippen LogP contribution is -2.43. The van der Waals surface area contributed by atoms with Gasteiger partial charge in [-0.1, -0.05) is 0 Å². The molecule has 1 heterocycles. The standard InChI is InChI=1S/C13H13F3N4O5S.C9H7F3N2O4/c1-6(21)17-5-7-3-8-10(4-9(7)13(14,15)16)18-12(23)20(11(8)22)19-26(2,24)25;1-18-8(15)4-2-7(14(16)17)5(3-6(4)13)9(10,11)12/h3-4,19H,5H2,1-2H3,(H,17,21)(H,18,23);2-3H,13H2,1H3. The number of hydrogen-bond donors (Lipinski definition) is 4. The Morgan fingerprint density at radius 3 is 2.09 bits per heavy atom. The minimum atomic E-state index is -4.94. The summed E-state index contributed by atoms with van der Waals surface area (Å²) >= 11 is 0. The van der Waals surface area contributed by atoms with Crippen LogP contribution in [0.1, 0.15) is 34.0 Å². The summed E-state index contributed by atoms with van der Waals surface area (Å²) in [5.41, 5.74) is -2.97. The molecule has 44 heavy (non-hydrogen) atoms. The second kappa shape index (κ2) is 12.6. The summed E-state index contributed by atoms with van der Waals surface area (Å²) in [6.07, 6.45) is -9.05. The molecule has 22 heteroatoms. The first kappa shape index (κ1) is 35.0. The highest BCUT2D eigenvalue weighted by Crippen LogP contribution is 2.38. The summed E-state index contributed by atoms with van der Waals surface area (Å²) in [6, 6.07) is 2.18.